The van der Waals surface area contributed by atoms with Crippen molar-refractivity contribution < 1.29 is 14.3 Å². The monoisotopic (exact) mass is 320 g/mol. The van der Waals surface area contributed by atoms with Gasteiger partial charge in [-0.1, -0.05) is 69.4 Å². The number of aryl methyl sites for hydroxylation is 1. The fourth-order valence-electron chi connectivity index (χ4n) is 2.49. The van der Waals surface area contributed by atoms with Crippen molar-refractivity contribution in [3.05, 3.63) is 35.9 Å². The molecule has 1 aromatic carbocycles. The van der Waals surface area contributed by atoms with Crippen molar-refractivity contribution in [2.75, 3.05) is 13.2 Å². The van der Waals surface area contributed by atoms with E-state index in [1.165, 1.54) is 31.2 Å². The van der Waals surface area contributed by atoms with Crippen molar-refractivity contribution in [1.29, 1.82) is 0 Å². The third kappa shape index (κ3) is 11.7. The maximum absolute atomic E-state index is 11.4. The van der Waals surface area contributed by atoms with E-state index in [0.717, 1.165) is 38.5 Å². The van der Waals surface area contributed by atoms with Crippen LogP contribution in [0.4, 0.5) is 4.79 Å². The van der Waals surface area contributed by atoms with E-state index in [-0.39, 0.29) is 0 Å². The Morgan fingerprint density at radius 3 is 2.00 bits per heavy atom. The second-order valence-corrected chi connectivity index (χ2v) is 6.01. The van der Waals surface area contributed by atoms with Gasteiger partial charge in [0.2, 0.25) is 0 Å². The Morgan fingerprint density at radius 1 is 0.783 bits per heavy atom. The summed E-state index contributed by atoms with van der Waals surface area (Å²) in [7, 11) is 0. The number of ether oxygens (including phenoxy) is 2. The molecule has 0 atom stereocenters. The third-order valence-corrected chi connectivity index (χ3v) is 3.89. The van der Waals surface area contributed by atoms with E-state index >= 15 is 0 Å². The van der Waals surface area contributed by atoms with Crippen LogP contribution in [-0.4, -0.2) is 19.4 Å². The molecule has 0 aliphatic carbocycles. The molecule has 0 saturated carbocycles. The molecule has 3 heteroatoms. The van der Waals surface area contributed by atoms with Crippen molar-refractivity contribution in [3.63, 3.8) is 0 Å². The minimum atomic E-state index is -0.512. The minimum absolute atomic E-state index is 0.462. The Kier molecular flexibility index (Phi) is 12.0. The van der Waals surface area contributed by atoms with Gasteiger partial charge in [-0.25, -0.2) is 4.79 Å². The number of hydrogen-bond acceptors (Lipinski definition) is 3. The molecule has 0 bridgehead atoms. The average molecular weight is 320 g/mol. The Hall–Kier alpha value is -1.51. The zero-order chi connectivity index (χ0) is 16.6. The Morgan fingerprint density at radius 2 is 1.35 bits per heavy atom. The lowest BCUT2D eigenvalue weighted by molar-refractivity contribution is 0.0529. The molecule has 0 radical (unpaired) electrons. The number of hydrogen-bond donors (Lipinski definition) is 0. The van der Waals surface area contributed by atoms with Crippen LogP contribution in [0.5, 0.6) is 0 Å². The zero-order valence-electron chi connectivity index (χ0n) is 14.6. The highest BCUT2D eigenvalue weighted by atomic mass is 16.7. The van der Waals surface area contributed by atoms with Crippen LogP contribution in [0.3, 0.4) is 0 Å². The van der Waals surface area contributed by atoms with E-state index in [0.29, 0.717) is 13.2 Å². The zero-order valence-corrected chi connectivity index (χ0v) is 14.6. The van der Waals surface area contributed by atoms with Crippen LogP contribution in [0.2, 0.25) is 0 Å². The summed E-state index contributed by atoms with van der Waals surface area (Å²) in [5, 5.41) is 0. The number of unbranched alkanes of at least 4 members (excludes halogenated alkanes) is 7. The van der Waals surface area contributed by atoms with Gasteiger partial charge in [0.15, 0.2) is 0 Å². The smallest absolute Gasteiger partial charge is 0.434 e. The molecule has 0 aliphatic rings. The summed E-state index contributed by atoms with van der Waals surface area (Å²) in [6.45, 7) is 3.16. The summed E-state index contributed by atoms with van der Waals surface area (Å²) in [6.07, 6.45) is 10.8. The Balaban J connectivity index is 1.84. The molecule has 130 valence electrons. The molecule has 0 spiro atoms. The van der Waals surface area contributed by atoms with Gasteiger partial charge in [-0.2, -0.15) is 0 Å². The normalized spacial score (nSPS) is 10.5. The summed E-state index contributed by atoms with van der Waals surface area (Å²) in [5.74, 6) is 0. The highest BCUT2D eigenvalue weighted by Gasteiger charge is 2.03. The predicted octanol–water partition coefficient (Wildman–Crippen LogP) is 5.91. The van der Waals surface area contributed by atoms with Gasteiger partial charge in [-0.15, -0.1) is 0 Å². The van der Waals surface area contributed by atoms with Gasteiger partial charge in [0.05, 0.1) is 13.2 Å². The van der Waals surface area contributed by atoms with E-state index < -0.39 is 6.16 Å². The van der Waals surface area contributed by atoms with E-state index in [2.05, 4.69) is 31.2 Å². The van der Waals surface area contributed by atoms with Gasteiger partial charge in [0, 0.05) is 0 Å². The molecule has 0 saturated heterocycles. The predicted molar refractivity (Wildman–Crippen MR) is 94.7 cm³/mol. The fraction of sp³-hybridized carbons (Fsp3) is 0.650. The number of carbonyl (C=O) groups excluding carboxylic acids is 1. The van der Waals surface area contributed by atoms with E-state index in [9.17, 15) is 4.79 Å². The molecule has 0 aromatic heterocycles. The van der Waals surface area contributed by atoms with Crippen molar-refractivity contribution in [1.82, 2.24) is 0 Å². The van der Waals surface area contributed by atoms with E-state index in [1.54, 1.807) is 0 Å². The Bertz CT molecular complexity index is 389. The quantitative estimate of drug-likeness (QED) is 0.334. The molecule has 0 fully saturated rings. The molecular weight excluding hydrogens is 288 g/mol. The van der Waals surface area contributed by atoms with Crippen LogP contribution in [0, 0.1) is 0 Å². The van der Waals surface area contributed by atoms with Crippen LogP contribution >= 0.6 is 0 Å². The van der Waals surface area contributed by atoms with E-state index in [1.807, 2.05) is 6.07 Å². The van der Waals surface area contributed by atoms with Crippen LogP contribution in [-0.2, 0) is 15.9 Å². The maximum Gasteiger partial charge on any atom is 0.508 e. The number of benzene rings is 1. The van der Waals surface area contributed by atoms with Gasteiger partial charge in [-0.05, 0) is 37.7 Å². The summed E-state index contributed by atoms with van der Waals surface area (Å²) in [5.41, 5.74) is 1.37. The van der Waals surface area contributed by atoms with Crippen LogP contribution in [0.25, 0.3) is 0 Å². The molecule has 0 N–H and O–H groups in total. The van der Waals surface area contributed by atoms with Gasteiger partial charge < -0.3 is 9.47 Å². The van der Waals surface area contributed by atoms with Gasteiger partial charge in [0.25, 0.3) is 0 Å². The molecule has 23 heavy (non-hydrogen) atoms. The molecule has 0 amide bonds. The first-order valence-electron chi connectivity index (χ1n) is 9.16. The van der Waals surface area contributed by atoms with Gasteiger partial charge >= 0.3 is 6.16 Å². The lowest BCUT2D eigenvalue weighted by atomic mass is 10.1. The lowest BCUT2D eigenvalue weighted by Gasteiger charge is -2.06. The number of rotatable bonds is 13. The fourth-order valence-corrected chi connectivity index (χ4v) is 2.49. The second kappa shape index (κ2) is 14.1. The SMILES string of the molecule is CCCCCCCCOC(=O)OCCCCCc1ccccc1. The van der Waals surface area contributed by atoms with Crippen molar-refractivity contribution >= 4 is 6.16 Å². The molecular formula is C20H32O3. The standard InChI is InChI=1S/C20H32O3/c1-2-3-4-5-6-12-17-22-20(21)23-18-13-8-11-16-19-14-9-7-10-15-19/h7,9-10,14-15H,2-6,8,11-13,16-18H2,1H3. The van der Waals surface area contributed by atoms with Crippen LogP contribution < -0.4 is 0 Å². The molecule has 0 unspecified atom stereocenters. The molecule has 3 nitrogen and oxygen atoms in total. The molecule has 1 rings (SSSR count). The largest absolute Gasteiger partial charge is 0.508 e. The highest BCUT2D eigenvalue weighted by Crippen LogP contribution is 2.07. The summed E-state index contributed by atoms with van der Waals surface area (Å²) < 4.78 is 10.1. The third-order valence-electron chi connectivity index (χ3n) is 3.89. The summed E-state index contributed by atoms with van der Waals surface area (Å²) in [6, 6.07) is 10.5. The van der Waals surface area contributed by atoms with Gasteiger partial charge in [0.1, 0.15) is 0 Å². The van der Waals surface area contributed by atoms with Crippen LogP contribution in [0.1, 0.15) is 70.3 Å². The van der Waals surface area contributed by atoms with Crippen molar-refractivity contribution in [2.24, 2.45) is 0 Å². The van der Waals surface area contributed by atoms with Crippen molar-refractivity contribution in [3.8, 4) is 0 Å². The molecule has 0 aliphatic heterocycles. The second-order valence-electron chi connectivity index (χ2n) is 6.01. The van der Waals surface area contributed by atoms with Crippen LogP contribution in [0.15, 0.2) is 30.3 Å². The summed E-state index contributed by atoms with van der Waals surface area (Å²) in [4.78, 5) is 11.4. The first kappa shape index (κ1) is 19.5. The average Bonchev–Trinajstić information content (AvgIpc) is 2.58. The number of carbonyl (C=O) groups is 1. The molecule has 1 aromatic rings. The Labute approximate surface area is 141 Å². The topological polar surface area (TPSA) is 35.5 Å². The minimum Gasteiger partial charge on any atom is -0.434 e. The maximum atomic E-state index is 11.4. The summed E-state index contributed by atoms with van der Waals surface area (Å²) >= 11 is 0. The highest BCUT2D eigenvalue weighted by molar-refractivity contribution is 5.59. The van der Waals surface area contributed by atoms with E-state index in [4.69, 9.17) is 9.47 Å². The molecule has 0 heterocycles. The lowest BCUT2D eigenvalue weighted by Crippen LogP contribution is -2.09. The van der Waals surface area contributed by atoms with Gasteiger partial charge in [-0.3, -0.25) is 0 Å². The first-order valence-corrected chi connectivity index (χ1v) is 9.16. The first-order chi connectivity index (χ1) is 11.3. The van der Waals surface area contributed by atoms with Crippen molar-refractivity contribution in [2.45, 2.75) is 71.1 Å².